The van der Waals surface area contributed by atoms with Gasteiger partial charge in [0.15, 0.2) is 0 Å². The van der Waals surface area contributed by atoms with Crippen LogP contribution in [0.1, 0.15) is 5.69 Å². The summed E-state index contributed by atoms with van der Waals surface area (Å²) in [7, 11) is 0. The van der Waals surface area contributed by atoms with Crippen molar-refractivity contribution in [3.63, 3.8) is 0 Å². The van der Waals surface area contributed by atoms with Gasteiger partial charge in [0.1, 0.15) is 11.6 Å². The van der Waals surface area contributed by atoms with E-state index in [-0.39, 0.29) is 0 Å². The molecule has 1 aromatic heterocycles. The van der Waals surface area contributed by atoms with E-state index in [9.17, 15) is 8.78 Å². The van der Waals surface area contributed by atoms with Crippen molar-refractivity contribution in [3.8, 4) is 0 Å². The predicted octanol–water partition coefficient (Wildman–Crippen LogP) is 0.765. The van der Waals surface area contributed by atoms with Crippen molar-refractivity contribution in [2.75, 3.05) is 26.2 Å². The fraction of sp³-hybridized carbons (Fsp3) is 0.500. The molecule has 2 heterocycles. The van der Waals surface area contributed by atoms with Gasteiger partial charge in [-0.15, -0.1) is 0 Å². The molecule has 0 saturated carbocycles. The Bertz CT molecular complexity index is 337. The van der Waals surface area contributed by atoms with Crippen molar-refractivity contribution in [2.45, 2.75) is 6.54 Å². The molecule has 1 aliphatic rings. The first-order chi connectivity index (χ1) is 7.25. The van der Waals surface area contributed by atoms with Crippen molar-refractivity contribution < 1.29 is 8.78 Å². The summed E-state index contributed by atoms with van der Waals surface area (Å²) in [6.45, 7) is 4.01. The van der Waals surface area contributed by atoms with Crippen LogP contribution in [0.5, 0.6) is 0 Å². The van der Waals surface area contributed by atoms with Gasteiger partial charge in [-0.25, -0.2) is 8.78 Å². The van der Waals surface area contributed by atoms with Crippen molar-refractivity contribution in [2.24, 2.45) is 0 Å². The lowest BCUT2D eigenvalue weighted by atomic mass is 10.3. The van der Waals surface area contributed by atoms with Crippen LogP contribution in [0.15, 0.2) is 12.3 Å². The van der Waals surface area contributed by atoms with Crippen molar-refractivity contribution in [1.82, 2.24) is 15.2 Å². The molecule has 1 N–H and O–H groups in total. The number of hydrogen-bond acceptors (Lipinski definition) is 3. The Morgan fingerprint density at radius 1 is 1.33 bits per heavy atom. The molecule has 0 unspecified atom stereocenters. The minimum absolute atomic E-state index is 0.318. The third kappa shape index (κ3) is 2.70. The van der Waals surface area contributed by atoms with Crippen LogP contribution in [0.25, 0.3) is 0 Å². The Kier molecular flexibility index (Phi) is 3.23. The Labute approximate surface area is 87.1 Å². The first-order valence-corrected chi connectivity index (χ1v) is 4.99. The summed E-state index contributed by atoms with van der Waals surface area (Å²) < 4.78 is 25.9. The average molecular weight is 213 g/mol. The van der Waals surface area contributed by atoms with Gasteiger partial charge in [0.05, 0.1) is 11.9 Å². The van der Waals surface area contributed by atoms with Gasteiger partial charge in [-0.1, -0.05) is 0 Å². The molecule has 0 amide bonds. The van der Waals surface area contributed by atoms with E-state index in [2.05, 4.69) is 15.2 Å². The summed E-state index contributed by atoms with van der Waals surface area (Å²) in [6, 6.07) is 0.879. The highest BCUT2D eigenvalue weighted by Crippen LogP contribution is 2.09. The van der Waals surface area contributed by atoms with Crippen molar-refractivity contribution >= 4 is 0 Å². The Hall–Kier alpha value is -1.07. The smallest absolute Gasteiger partial charge is 0.148 e. The lowest BCUT2D eigenvalue weighted by Crippen LogP contribution is -2.43. The zero-order chi connectivity index (χ0) is 10.7. The fourth-order valence-electron chi connectivity index (χ4n) is 1.64. The SMILES string of the molecule is Fc1cnc(CN2CCNCC2)c(F)c1. The minimum Gasteiger partial charge on any atom is -0.314 e. The predicted molar refractivity (Wildman–Crippen MR) is 52.3 cm³/mol. The summed E-state index contributed by atoms with van der Waals surface area (Å²) in [6.07, 6.45) is 1.06. The fourth-order valence-corrected chi connectivity index (χ4v) is 1.64. The molecule has 5 heteroatoms. The molecule has 0 aliphatic carbocycles. The third-order valence-electron chi connectivity index (χ3n) is 2.47. The van der Waals surface area contributed by atoms with Crippen LogP contribution in [0.4, 0.5) is 8.78 Å². The lowest BCUT2D eigenvalue weighted by Gasteiger charge is -2.26. The molecular formula is C10H13F2N3. The number of pyridine rings is 1. The van der Waals surface area contributed by atoms with E-state index in [1.54, 1.807) is 0 Å². The molecule has 2 rings (SSSR count). The van der Waals surface area contributed by atoms with Gasteiger partial charge in [0.25, 0.3) is 0 Å². The minimum atomic E-state index is -0.628. The van der Waals surface area contributed by atoms with Crippen LogP contribution in [0.2, 0.25) is 0 Å². The molecule has 0 radical (unpaired) electrons. The van der Waals surface area contributed by atoms with E-state index >= 15 is 0 Å². The topological polar surface area (TPSA) is 28.2 Å². The summed E-state index contributed by atoms with van der Waals surface area (Å²) >= 11 is 0. The number of nitrogens with zero attached hydrogens (tertiary/aromatic N) is 2. The largest absolute Gasteiger partial charge is 0.314 e. The number of nitrogens with one attached hydrogen (secondary N) is 1. The molecule has 15 heavy (non-hydrogen) atoms. The van der Waals surface area contributed by atoms with Gasteiger partial charge in [-0.2, -0.15) is 0 Å². The highest BCUT2D eigenvalue weighted by Gasteiger charge is 2.13. The van der Waals surface area contributed by atoms with Gasteiger partial charge >= 0.3 is 0 Å². The molecule has 1 fully saturated rings. The van der Waals surface area contributed by atoms with Crippen molar-refractivity contribution in [3.05, 3.63) is 29.6 Å². The van der Waals surface area contributed by atoms with Crippen LogP contribution < -0.4 is 5.32 Å². The van der Waals surface area contributed by atoms with Gasteiger partial charge in [0, 0.05) is 38.8 Å². The van der Waals surface area contributed by atoms with Crippen LogP contribution in [-0.2, 0) is 6.54 Å². The summed E-state index contributed by atoms with van der Waals surface area (Å²) in [5.74, 6) is -1.19. The number of halogens is 2. The van der Waals surface area contributed by atoms with Gasteiger partial charge in [-0.3, -0.25) is 9.88 Å². The second-order valence-corrected chi connectivity index (χ2v) is 3.61. The van der Waals surface area contributed by atoms with E-state index < -0.39 is 11.6 Å². The number of hydrogen-bond donors (Lipinski definition) is 1. The highest BCUT2D eigenvalue weighted by molar-refractivity contribution is 5.08. The van der Waals surface area contributed by atoms with Crippen molar-refractivity contribution in [1.29, 1.82) is 0 Å². The second-order valence-electron chi connectivity index (χ2n) is 3.61. The quantitative estimate of drug-likeness (QED) is 0.786. The molecule has 1 aromatic rings. The van der Waals surface area contributed by atoms with E-state index in [4.69, 9.17) is 0 Å². The highest BCUT2D eigenvalue weighted by atomic mass is 19.1. The van der Waals surface area contributed by atoms with Crippen LogP contribution in [0.3, 0.4) is 0 Å². The second kappa shape index (κ2) is 4.63. The molecule has 0 aromatic carbocycles. The van der Waals surface area contributed by atoms with Gasteiger partial charge in [0.2, 0.25) is 0 Å². The molecule has 0 atom stereocenters. The number of aromatic nitrogens is 1. The van der Waals surface area contributed by atoms with Gasteiger partial charge < -0.3 is 5.32 Å². The molecule has 82 valence electrons. The maximum absolute atomic E-state index is 13.3. The summed E-state index contributed by atoms with van der Waals surface area (Å²) in [5, 5.41) is 3.21. The van der Waals surface area contributed by atoms with E-state index in [0.717, 1.165) is 38.4 Å². The van der Waals surface area contributed by atoms with Gasteiger partial charge in [-0.05, 0) is 0 Å². The average Bonchev–Trinajstić information content (AvgIpc) is 2.24. The Balaban J connectivity index is 2.03. The first-order valence-electron chi connectivity index (χ1n) is 4.99. The van der Waals surface area contributed by atoms with Crippen LogP contribution in [-0.4, -0.2) is 36.1 Å². The van der Waals surface area contributed by atoms with E-state index in [1.807, 2.05) is 0 Å². The molecular weight excluding hydrogens is 200 g/mol. The molecule has 1 aliphatic heterocycles. The summed E-state index contributed by atoms with van der Waals surface area (Å²) in [5.41, 5.74) is 0.318. The maximum atomic E-state index is 13.3. The Morgan fingerprint density at radius 2 is 2.07 bits per heavy atom. The first kappa shape index (κ1) is 10.4. The summed E-state index contributed by atoms with van der Waals surface area (Å²) in [4.78, 5) is 5.86. The molecule has 0 spiro atoms. The van der Waals surface area contributed by atoms with E-state index in [0.29, 0.717) is 12.2 Å². The maximum Gasteiger partial charge on any atom is 0.148 e. The Morgan fingerprint density at radius 3 is 2.73 bits per heavy atom. The number of piperazine rings is 1. The third-order valence-corrected chi connectivity index (χ3v) is 2.47. The zero-order valence-electron chi connectivity index (χ0n) is 8.34. The lowest BCUT2D eigenvalue weighted by molar-refractivity contribution is 0.227. The van der Waals surface area contributed by atoms with Crippen LogP contribution in [0, 0.1) is 11.6 Å². The number of rotatable bonds is 2. The molecule has 0 bridgehead atoms. The molecule has 3 nitrogen and oxygen atoms in total. The van der Waals surface area contributed by atoms with E-state index in [1.165, 1.54) is 0 Å². The molecule has 1 saturated heterocycles. The normalized spacial score (nSPS) is 18.0. The standard InChI is InChI=1S/C10H13F2N3/c11-8-5-9(12)10(14-6-8)7-15-3-1-13-2-4-15/h5-6,13H,1-4,7H2. The zero-order valence-corrected chi connectivity index (χ0v) is 8.34. The van der Waals surface area contributed by atoms with Crippen LogP contribution >= 0.6 is 0 Å². The monoisotopic (exact) mass is 213 g/mol.